The monoisotopic (exact) mass is 269 g/mol. The van der Waals surface area contributed by atoms with Crippen LogP contribution in [-0.4, -0.2) is 30.5 Å². The Morgan fingerprint density at radius 2 is 1.83 bits per heavy atom. The summed E-state index contributed by atoms with van der Waals surface area (Å²) in [5.74, 6) is -4.86. The topological polar surface area (TPSA) is 32.3 Å². The van der Waals surface area contributed by atoms with Crippen LogP contribution in [0.1, 0.15) is 11.7 Å². The van der Waals surface area contributed by atoms with Crippen LogP contribution in [0.3, 0.4) is 0 Å². The van der Waals surface area contributed by atoms with Crippen molar-refractivity contribution in [3.05, 3.63) is 35.6 Å². The molecule has 1 atom stereocenters. The fourth-order valence-corrected chi connectivity index (χ4v) is 1.31. The highest BCUT2D eigenvalue weighted by molar-refractivity contribution is 5.19. The lowest BCUT2D eigenvalue weighted by Gasteiger charge is -2.18. The zero-order valence-corrected chi connectivity index (χ0v) is 9.22. The van der Waals surface area contributed by atoms with Crippen LogP contribution in [0.2, 0.25) is 0 Å². The third-order valence-electron chi connectivity index (χ3n) is 2.28. The highest BCUT2D eigenvalue weighted by atomic mass is 19.3. The molecule has 7 heteroatoms. The summed E-state index contributed by atoms with van der Waals surface area (Å²) < 4.78 is 61.8. The van der Waals surface area contributed by atoms with Crippen molar-refractivity contribution in [1.82, 2.24) is 5.32 Å². The van der Waals surface area contributed by atoms with Gasteiger partial charge in [-0.1, -0.05) is 18.2 Å². The van der Waals surface area contributed by atoms with Gasteiger partial charge in [0.15, 0.2) is 0 Å². The molecule has 0 saturated heterocycles. The summed E-state index contributed by atoms with van der Waals surface area (Å²) in [5.41, 5.74) is -0.0784. The molecule has 1 aromatic carbocycles. The van der Waals surface area contributed by atoms with E-state index >= 15 is 0 Å². The Morgan fingerprint density at radius 1 is 1.22 bits per heavy atom. The molecule has 1 rings (SSSR count). The van der Waals surface area contributed by atoms with E-state index in [0.29, 0.717) is 0 Å². The van der Waals surface area contributed by atoms with E-state index < -0.39 is 37.4 Å². The third-order valence-corrected chi connectivity index (χ3v) is 2.28. The predicted octanol–water partition coefficient (Wildman–Crippen LogP) is 2.35. The molecule has 0 amide bonds. The van der Waals surface area contributed by atoms with Crippen LogP contribution in [0, 0.1) is 5.82 Å². The van der Waals surface area contributed by atoms with Gasteiger partial charge >= 0.3 is 12.3 Å². The minimum absolute atomic E-state index is 0.0784. The van der Waals surface area contributed by atoms with Crippen LogP contribution < -0.4 is 5.32 Å². The lowest BCUT2D eigenvalue weighted by molar-refractivity contribution is -0.125. The number of benzene rings is 1. The number of aliphatic hydroxyl groups is 1. The lowest BCUT2D eigenvalue weighted by atomic mass is 10.1. The Balaban J connectivity index is 2.48. The number of hydrogen-bond acceptors (Lipinski definition) is 2. The summed E-state index contributed by atoms with van der Waals surface area (Å²) >= 11 is 0. The van der Waals surface area contributed by atoms with Crippen molar-refractivity contribution in [1.29, 1.82) is 0 Å². The van der Waals surface area contributed by atoms with E-state index in [9.17, 15) is 27.1 Å². The first-order valence-electron chi connectivity index (χ1n) is 5.14. The molecule has 2 nitrogen and oxygen atoms in total. The second-order valence-corrected chi connectivity index (χ2v) is 3.73. The van der Waals surface area contributed by atoms with Crippen LogP contribution >= 0.6 is 0 Å². The summed E-state index contributed by atoms with van der Waals surface area (Å²) in [7, 11) is 0. The van der Waals surface area contributed by atoms with Crippen molar-refractivity contribution in [3.63, 3.8) is 0 Å². The molecule has 2 N–H and O–H groups in total. The average molecular weight is 269 g/mol. The Morgan fingerprint density at radius 3 is 2.39 bits per heavy atom. The first-order chi connectivity index (χ1) is 8.34. The number of rotatable bonds is 6. The van der Waals surface area contributed by atoms with Crippen LogP contribution in [0.4, 0.5) is 22.0 Å². The molecular weight excluding hydrogens is 257 g/mol. The third kappa shape index (κ3) is 3.92. The van der Waals surface area contributed by atoms with Crippen LogP contribution in [-0.2, 0) is 0 Å². The molecule has 0 spiro atoms. The summed E-state index contributed by atoms with van der Waals surface area (Å²) in [6.07, 6.45) is -5.16. The second kappa shape index (κ2) is 6.10. The summed E-state index contributed by atoms with van der Waals surface area (Å²) in [6, 6.07) is 5.26. The normalized spacial score (nSPS) is 13.9. The first kappa shape index (κ1) is 14.8. The van der Waals surface area contributed by atoms with Crippen LogP contribution in [0.15, 0.2) is 24.3 Å². The van der Waals surface area contributed by atoms with Gasteiger partial charge in [-0.25, -0.2) is 13.2 Å². The van der Waals surface area contributed by atoms with E-state index in [1.54, 1.807) is 0 Å². The van der Waals surface area contributed by atoms with Gasteiger partial charge in [-0.3, -0.25) is 0 Å². The molecule has 0 fully saturated rings. The quantitative estimate of drug-likeness (QED) is 0.777. The molecule has 0 bridgehead atoms. The molecule has 0 aliphatic heterocycles. The SMILES string of the molecule is OC(CNCC(F)(F)C(F)F)c1ccccc1F. The summed E-state index contributed by atoms with van der Waals surface area (Å²) in [4.78, 5) is 0. The molecule has 0 aromatic heterocycles. The second-order valence-electron chi connectivity index (χ2n) is 3.73. The van der Waals surface area contributed by atoms with E-state index in [4.69, 9.17) is 0 Å². The van der Waals surface area contributed by atoms with Gasteiger partial charge in [0.2, 0.25) is 0 Å². The standard InChI is InChI=1S/C11H12F5NO/c12-8-4-2-1-3-7(8)9(18)5-17-6-11(15,16)10(13)14/h1-4,9-10,17-18H,5-6H2. The van der Waals surface area contributed by atoms with Gasteiger partial charge in [0.25, 0.3) is 0 Å². The Hall–Kier alpha value is -1.21. The van der Waals surface area contributed by atoms with E-state index in [1.165, 1.54) is 18.2 Å². The number of alkyl halides is 4. The van der Waals surface area contributed by atoms with Crippen molar-refractivity contribution < 1.29 is 27.1 Å². The van der Waals surface area contributed by atoms with Gasteiger partial charge in [0.05, 0.1) is 12.6 Å². The maximum Gasteiger partial charge on any atom is 0.319 e. The van der Waals surface area contributed by atoms with Gasteiger partial charge in [-0.15, -0.1) is 0 Å². The average Bonchev–Trinajstić information content (AvgIpc) is 2.29. The highest BCUT2D eigenvalue weighted by Gasteiger charge is 2.40. The zero-order valence-electron chi connectivity index (χ0n) is 9.22. The number of nitrogens with one attached hydrogen (secondary N) is 1. The van der Waals surface area contributed by atoms with Crippen LogP contribution in [0.25, 0.3) is 0 Å². The van der Waals surface area contributed by atoms with E-state index in [2.05, 4.69) is 0 Å². The van der Waals surface area contributed by atoms with Gasteiger partial charge in [0.1, 0.15) is 5.82 Å². The van der Waals surface area contributed by atoms with E-state index in [-0.39, 0.29) is 5.56 Å². The Labute approximate surface area is 100 Å². The molecule has 0 heterocycles. The van der Waals surface area contributed by atoms with Crippen molar-refractivity contribution in [3.8, 4) is 0 Å². The lowest BCUT2D eigenvalue weighted by Crippen LogP contribution is -2.40. The maximum absolute atomic E-state index is 13.2. The molecule has 1 unspecified atom stereocenters. The van der Waals surface area contributed by atoms with Crippen LogP contribution in [0.5, 0.6) is 0 Å². The van der Waals surface area contributed by atoms with Gasteiger partial charge in [-0.2, -0.15) is 8.78 Å². The molecule has 18 heavy (non-hydrogen) atoms. The Kier molecular flexibility index (Phi) is 5.03. The first-order valence-corrected chi connectivity index (χ1v) is 5.14. The molecule has 102 valence electrons. The van der Waals surface area contributed by atoms with Gasteiger partial charge in [-0.05, 0) is 6.07 Å². The zero-order chi connectivity index (χ0) is 13.8. The highest BCUT2D eigenvalue weighted by Crippen LogP contribution is 2.22. The molecular formula is C11H12F5NO. The fraction of sp³-hybridized carbons (Fsp3) is 0.455. The fourth-order valence-electron chi connectivity index (χ4n) is 1.31. The smallest absolute Gasteiger partial charge is 0.319 e. The molecule has 0 saturated carbocycles. The summed E-state index contributed by atoms with van der Waals surface area (Å²) in [5, 5.41) is 11.5. The minimum atomic E-state index is -4.17. The van der Waals surface area contributed by atoms with Crippen molar-refractivity contribution >= 4 is 0 Å². The van der Waals surface area contributed by atoms with E-state index in [1.807, 2.05) is 5.32 Å². The van der Waals surface area contributed by atoms with E-state index in [0.717, 1.165) is 6.07 Å². The van der Waals surface area contributed by atoms with Crippen molar-refractivity contribution in [2.45, 2.75) is 18.5 Å². The molecule has 1 aromatic rings. The number of hydrogen-bond donors (Lipinski definition) is 2. The largest absolute Gasteiger partial charge is 0.387 e. The van der Waals surface area contributed by atoms with Crippen molar-refractivity contribution in [2.24, 2.45) is 0 Å². The van der Waals surface area contributed by atoms with Gasteiger partial charge in [0, 0.05) is 12.1 Å². The van der Waals surface area contributed by atoms with Crippen molar-refractivity contribution in [2.75, 3.05) is 13.1 Å². The molecule has 0 aliphatic rings. The van der Waals surface area contributed by atoms with Gasteiger partial charge < -0.3 is 10.4 Å². The maximum atomic E-state index is 13.2. The number of halogens is 5. The molecule has 0 aliphatic carbocycles. The molecule has 0 radical (unpaired) electrons. The Bertz CT molecular complexity index is 385. The number of aliphatic hydroxyl groups excluding tert-OH is 1. The minimum Gasteiger partial charge on any atom is -0.387 e. The summed E-state index contributed by atoms with van der Waals surface area (Å²) in [6.45, 7) is -1.72. The predicted molar refractivity (Wildman–Crippen MR) is 55.2 cm³/mol.